The molecular weight excluding hydrogens is 265 g/mol. The number of ether oxygens (including phenoxy) is 1. The summed E-state index contributed by atoms with van der Waals surface area (Å²) in [5, 5.41) is 3.32. The molecule has 0 saturated heterocycles. The van der Waals surface area contributed by atoms with Gasteiger partial charge in [0.05, 0.1) is 6.10 Å². The van der Waals surface area contributed by atoms with Gasteiger partial charge in [-0.3, -0.25) is 0 Å². The molecule has 0 aromatic heterocycles. The van der Waals surface area contributed by atoms with Crippen molar-refractivity contribution in [3.05, 3.63) is 29.6 Å². The second kappa shape index (κ2) is 8.38. The van der Waals surface area contributed by atoms with Gasteiger partial charge in [-0.1, -0.05) is 25.8 Å². The highest BCUT2D eigenvalue weighted by Crippen LogP contribution is 2.26. The Morgan fingerprint density at radius 3 is 2.57 bits per heavy atom. The van der Waals surface area contributed by atoms with E-state index < -0.39 is 0 Å². The third-order valence-electron chi connectivity index (χ3n) is 4.24. The zero-order valence-electron chi connectivity index (χ0n) is 13.3. The highest BCUT2D eigenvalue weighted by atomic mass is 19.1. The summed E-state index contributed by atoms with van der Waals surface area (Å²) in [5.74, 6) is 0.503. The SMILES string of the molecule is CCCNC(C)c1ccc(OC2CCCCCC2)cc1F. The van der Waals surface area contributed by atoms with Gasteiger partial charge in [-0.05, 0) is 51.6 Å². The van der Waals surface area contributed by atoms with E-state index >= 15 is 0 Å². The van der Waals surface area contributed by atoms with E-state index in [4.69, 9.17) is 4.74 Å². The van der Waals surface area contributed by atoms with Crippen LogP contribution in [0.25, 0.3) is 0 Å². The van der Waals surface area contributed by atoms with Gasteiger partial charge < -0.3 is 10.1 Å². The molecule has 3 heteroatoms. The fourth-order valence-electron chi connectivity index (χ4n) is 2.96. The fourth-order valence-corrected chi connectivity index (χ4v) is 2.96. The molecular formula is C18H28FNO. The lowest BCUT2D eigenvalue weighted by Gasteiger charge is -2.19. The molecule has 2 rings (SSSR count). The zero-order chi connectivity index (χ0) is 15.1. The minimum Gasteiger partial charge on any atom is -0.490 e. The molecule has 0 heterocycles. The molecule has 0 amide bonds. The lowest BCUT2D eigenvalue weighted by molar-refractivity contribution is 0.183. The standard InChI is InChI=1S/C18H28FNO/c1-3-12-20-14(2)17-11-10-16(13-18(17)19)21-15-8-6-4-5-7-9-15/h10-11,13-15,20H,3-9,12H2,1-2H3. The molecule has 118 valence electrons. The van der Waals surface area contributed by atoms with Crippen LogP contribution in [0.3, 0.4) is 0 Å². The van der Waals surface area contributed by atoms with E-state index in [1.54, 1.807) is 6.07 Å². The first kappa shape index (κ1) is 16.3. The molecule has 1 unspecified atom stereocenters. The topological polar surface area (TPSA) is 21.3 Å². The van der Waals surface area contributed by atoms with Gasteiger partial charge in [-0.25, -0.2) is 4.39 Å². The maximum atomic E-state index is 14.2. The van der Waals surface area contributed by atoms with E-state index in [0.717, 1.165) is 31.4 Å². The largest absolute Gasteiger partial charge is 0.490 e. The summed E-state index contributed by atoms with van der Waals surface area (Å²) in [5.41, 5.74) is 0.719. The fraction of sp³-hybridized carbons (Fsp3) is 0.667. The average Bonchev–Trinajstić information content (AvgIpc) is 2.73. The number of nitrogens with one attached hydrogen (secondary N) is 1. The van der Waals surface area contributed by atoms with Crippen LogP contribution in [0.1, 0.15) is 70.4 Å². The summed E-state index contributed by atoms with van der Waals surface area (Å²) >= 11 is 0. The first-order valence-electron chi connectivity index (χ1n) is 8.40. The number of hydrogen-bond donors (Lipinski definition) is 1. The quantitative estimate of drug-likeness (QED) is 0.746. The van der Waals surface area contributed by atoms with Crippen molar-refractivity contribution in [2.45, 2.75) is 70.9 Å². The molecule has 0 spiro atoms. The molecule has 1 aromatic rings. The zero-order valence-corrected chi connectivity index (χ0v) is 13.3. The predicted molar refractivity (Wildman–Crippen MR) is 85.2 cm³/mol. The minimum absolute atomic E-state index is 0.0388. The smallest absolute Gasteiger partial charge is 0.131 e. The van der Waals surface area contributed by atoms with E-state index in [1.165, 1.54) is 25.7 Å². The lowest BCUT2D eigenvalue weighted by atomic mass is 10.1. The van der Waals surface area contributed by atoms with Gasteiger partial charge in [-0.15, -0.1) is 0 Å². The molecule has 1 saturated carbocycles. The Morgan fingerprint density at radius 2 is 1.95 bits per heavy atom. The predicted octanol–water partition coefficient (Wildman–Crippen LogP) is 4.99. The number of rotatable bonds is 6. The average molecular weight is 293 g/mol. The summed E-state index contributed by atoms with van der Waals surface area (Å²) in [6.45, 7) is 5.01. The van der Waals surface area contributed by atoms with Gasteiger partial charge in [0.15, 0.2) is 0 Å². The molecule has 1 fully saturated rings. The Balaban J connectivity index is 1.97. The summed E-state index contributed by atoms with van der Waals surface area (Å²) in [4.78, 5) is 0. The highest BCUT2D eigenvalue weighted by Gasteiger charge is 2.16. The number of halogens is 1. The maximum absolute atomic E-state index is 14.2. The second-order valence-electron chi connectivity index (χ2n) is 6.09. The monoisotopic (exact) mass is 293 g/mol. The van der Waals surface area contributed by atoms with Crippen molar-refractivity contribution in [3.63, 3.8) is 0 Å². The van der Waals surface area contributed by atoms with E-state index in [-0.39, 0.29) is 18.0 Å². The van der Waals surface area contributed by atoms with Crippen molar-refractivity contribution < 1.29 is 9.13 Å². The summed E-state index contributed by atoms with van der Waals surface area (Å²) in [6.07, 6.45) is 8.55. The van der Waals surface area contributed by atoms with Crippen LogP contribution in [0.4, 0.5) is 4.39 Å². The molecule has 1 atom stereocenters. The van der Waals surface area contributed by atoms with Crippen LogP contribution < -0.4 is 10.1 Å². The highest BCUT2D eigenvalue weighted by molar-refractivity contribution is 5.30. The van der Waals surface area contributed by atoms with Gasteiger partial charge in [-0.2, -0.15) is 0 Å². The van der Waals surface area contributed by atoms with Crippen LogP contribution in [-0.4, -0.2) is 12.6 Å². The molecule has 1 N–H and O–H groups in total. The molecule has 0 aliphatic heterocycles. The Hall–Kier alpha value is -1.09. The van der Waals surface area contributed by atoms with Crippen molar-refractivity contribution in [3.8, 4) is 5.75 Å². The van der Waals surface area contributed by atoms with E-state index in [0.29, 0.717) is 5.75 Å². The second-order valence-corrected chi connectivity index (χ2v) is 6.09. The van der Waals surface area contributed by atoms with E-state index in [2.05, 4.69) is 12.2 Å². The van der Waals surface area contributed by atoms with Crippen LogP contribution in [0.15, 0.2) is 18.2 Å². The van der Waals surface area contributed by atoms with E-state index in [1.807, 2.05) is 19.1 Å². The van der Waals surface area contributed by atoms with Crippen LogP contribution >= 0.6 is 0 Å². The summed E-state index contributed by atoms with van der Waals surface area (Å²) in [7, 11) is 0. The van der Waals surface area contributed by atoms with Crippen LogP contribution in [0.2, 0.25) is 0 Å². The van der Waals surface area contributed by atoms with Crippen molar-refractivity contribution in [2.24, 2.45) is 0 Å². The first-order chi connectivity index (χ1) is 10.2. The molecule has 0 bridgehead atoms. The number of benzene rings is 1. The van der Waals surface area contributed by atoms with Crippen molar-refractivity contribution in [1.82, 2.24) is 5.32 Å². The van der Waals surface area contributed by atoms with Crippen molar-refractivity contribution >= 4 is 0 Å². The van der Waals surface area contributed by atoms with Crippen molar-refractivity contribution in [1.29, 1.82) is 0 Å². The molecule has 1 aromatic carbocycles. The Morgan fingerprint density at radius 1 is 1.24 bits per heavy atom. The van der Waals surface area contributed by atoms with Gasteiger partial charge in [0.1, 0.15) is 11.6 Å². The van der Waals surface area contributed by atoms with Crippen LogP contribution in [0, 0.1) is 5.82 Å². The minimum atomic E-state index is -0.169. The molecule has 0 radical (unpaired) electrons. The molecule has 1 aliphatic carbocycles. The van der Waals surface area contributed by atoms with Gasteiger partial charge in [0, 0.05) is 17.7 Å². The van der Waals surface area contributed by atoms with Gasteiger partial charge in [0.25, 0.3) is 0 Å². The van der Waals surface area contributed by atoms with Gasteiger partial charge in [0.2, 0.25) is 0 Å². The van der Waals surface area contributed by atoms with Gasteiger partial charge >= 0.3 is 0 Å². The first-order valence-corrected chi connectivity index (χ1v) is 8.40. The third-order valence-corrected chi connectivity index (χ3v) is 4.24. The normalized spacial score (nSPS) is 18.2. The lowest BCUT2D eigenvalue weighted by Crippen LogP contribution is -2.20. The van der Waals surface area contributed by atoms with Crippen molar-refractivity contribution in [2.75, 3.05) is 6.54 Å². The molecule has 2 nitrogen and oxygen atoms in total. The Kier molecular flexibility index (Phi) is 6.50. The van der Waals surface area contributed by atoms with E-state index in [9.17, 15) is 4.39 Å². The molecule has 1 aliphatic rings. The number of hydrogen-bond acceptors (Lipinski definition) is 2. The van der Waals surface area contributed by atoms with Crippen LogP contribution in [-0.2, 0) is 0 Å². The Labute approximate surface area is 128 Å². The summed E-state index contributed by atoms with van der Waals surface area (Å²) < 4.78 is 20.2. The maximum Gasteiger partial charge on any atom is 0.131 e. The third kappa shape index (κ3) is 4.99. The van der Waals surface area contributed by atoms with Crippen LogP contribution in [0.5, 0.6) is 5.75 Å². The summed E-state index contributed by atoms with van der Waals surface area (Å²) in [6, 6.07) is 5.35. The Bertz CT molecular complexity index is 427. The molecule has 21 heavy (non-hydrogen) atoms.